The monoisotopic (exact) mass is 287 g/mol. The number of carbonyl (C=O) groups excluding carboxylic acids is 1. The Labute approximate surface area is 124 Å². The highest BCUT2D eigenvalue weighted by atomic mass is 16.3. The molecule has 0 aliphatic heterocycles. The third-order valence-corrected chi connectivity index (χ3v) is 3.56. The van der Waals surface area contributed by atoms with Crippen molar-refractivity contribution in [2.45, 2.75) is 33.7 Å². The van der Waals surface area contributed by atoms with Crippen molar-refractivity contribution < 1.29 is 9.21 Å². The molecule has 0 aliphatic rings. The van der Waals surface area contributed by atoms with E-state index in [2.05, 4.69) is 10.3 Å². The zero-order valence-electron chi connectivity index (χ0n) is 12.8. The molecule has 1 aromatic heterocycles. The fourth-order valence-electron chi connectivity index (χ4n) is 1.86. The van der Waals surface area contributed by atoms with Gasteiger partial charge in [-0.1, -0.05) is 13.0 Å². The van der Waals surface area contributed by atoms with Gasteiger partial charge in [0.15, 0.2) is 0 Å². The number of nitrogens with one attached hydrogen (secondary N) is 1. The maximum Gasteiger partial charge on any atom is 0.228 e. The lowest BCUT2D eigenvalue weighted by Gasteiger charge is -2.16. The predicted molar refractivity (Wildman–Crippen MR) is 82.9 cm³/mol. The van der Waals surface area contributed by atoms with E-state index in [1.54, 1.807) is 6.26 Å². The molecule has 0 saturated heterocycles. The summed E-state index contributed by atoms with van der Waals surface area (Å²) in [6.45, 7) is 7.45. The average molecular weight is 287 g/mol. The second-order valence-corrected chi connectivity index (χ2v) is 5.46. The van der Waals surface area contributed by atoms with Crippen LogP contribution in [0.2, 0.25) is 0 Å². The Morgan fingerprint density at radius 3 is 2.62 bits per heavy atom. The van der Waals surface area contributed by atoms with Gasteiger partial charge < -0.3 is 15.5 Å². The van der Waals surface area contributed by atoms with Crippen LogP contribution in [0.25, 0.3) is 11.5 Å². The molecule has 0 saturated carbocycles. The molecule has 5 nitrogen and oxygen atoms in total. The first-order valence-corrected chi connectivity index (χ1v) is 6.98. The minimum absolute atomic E-state index is 0.0890. The Morgan fingerprint density at radius 2 is 2.05 bits per heavy atom. The lowest BCUT2D eigenvalue weighted by atomic mass is 10.0. The van der Waals surface area contributed by atoms with E-state index in [1.807, 2.05) is 45.9 Å². The van der Waals surface area contributed by atoms with Crippen LogP contribution in [0, 0.1) is 19.8 Å². The van der Waals surface area contributed by atoms with Crippen molar-refractivity contribution in [3.63, 3.8) is 0 Å². The van der Waals surface area contributed by atoms with Gasteiger partial charge in [-0.15, -0.1) is 0 Å². The Balaban J connectivity index is 2.26. The van der Waals surface area contributed by atoms with Gasteiger partial charge in [-0.25, -0.2) is 4.98 Å². The van der Waals surface area contributed by atoms with Crippen molar-refractivity contribution in [3.05, 3.63) is 35.7 Å². The summed E-state index contributed by atoms with van der Waals surface area (Å²) < 4.78 is 5.39. The molecule has 0 aliphatic carbocycles. The van der Waals surface area contributed by atoms with Gasteiger partial charge in [0.1, 0.15) is 6.26 Å². The first-order valence-electron chi connectivity index (χ1n) is 6.98. The molecule has 21 heavy (non-hydrogen) atoms. The van der Waals surface area contributed by atoms with Gasteiger partial charge in [0.2, 0.25) is 11.8 Å². The smallest absolute Gasteiger partial charge is 0.228 e. The Bertz CT molecular complexity index is 647. The van der Waals surface area contributed by atoms with E-state index in [1.165, 1.54) is 0 Å². The molecule has 0 bridgehead atoms. The number of aromatic nitrogens is 1. The van der Waals surface area contributed by atoms with Crippen LogP contribution < -0.4 is 11.1 Å². The predicted octanol–water partition coefficient (Wildman–Crippen LogP) is 2.88. The third-order valence-electron chi connectivity index (χ3n) is 3.56. The summed E-state index contributed by atoms with van der Waals surface area (Å²) in [5.74, 6) is 0.203. The molecule has 3 N–H and O–H groups in total. The molecule has 1 aromatic carbocycles. The molecule has 0 spiro atoms. The SMILES string of the molecule is Cc1coc(-c2ccc(C)c(NC(=O)C(C)C(C)N)c2)n1. The van der Waals surface area contributed by atoms with Crippen LogP contribution in [0.5, 0.6) is 0 Å². The van der Waals surface area contributed by atoms with Crippen LogP contribution in [0.3, 0.4) is 0 Å². The second-order valence-electron chi connectivity index (χ2n) is 5.46. The van der Waals surface area contributed by atoms with E-state index >= 15 is 0 Å². The van der Waals surface area contributed by atoms with Crippen molar-refractivity contribution in [2.75, 3.05) is 5.32 Å². The second kappa shape index (κ2) is 6.10. The van der Waals surface area contributed by atoms with Crippen LogP contribution >= 0.6 is 0 Å². The number of carbonyl (C=O) groups is 1. The number of hydrogen-bond donors (Lipinski definition) is 2. The number of anilines is 1. The number of nitrogens with zero attached hydrogens (tertiary/aromatic N) is 1. The lowest BCUT2D eigenvalue weighted by Crippen LogP contribution is -2.34. The molecular formula is C16H21N3O2. The Morgan fingerprint density at radius 1 is 1.33 bits per heavy atom. The molecule has 5 heteroatoms. The molecular weight excluding hydrogens is 266 g/mol. The molecule has 2 unspecified atom stereocenters. The van der Waals surface area contributed by atoms with Crippen LogP contribution in [-0.2, 0) is 4.79 Å². The zero-order chi connectivity index (χ0) is 15.6. The average Bonchev–Trinajstić information content (AvgIpc) is 2.86. The van der Waals surface area contributed by atoms with Gasteiger partial charge in [-0.3, -0.25) is 4.79 Å². The zero-order valence-corrected chi connectivity index (χ0v) is 12.8. The van der Waals surface area contributed by atoms with Gasteiger partial charge >= 0.3 is 0 Å². The summed E-state index contributed by atoms with van der Waals surface area (Å²) in [7, 11) is 0. The Kier molecular flexibility index (Phi) is 4.43. The topological polar surface area (TPSA) is 81.2 Å². The van der Waals surface area contributed by atoms with Crippen molar-refractivity contribution in [3.8, 4) is 11.5 Å². The van der Waals surface area contributed by atoms with Crippen LogP contribution in [-0.4, -0.2) is 16.9 Å². The summed E-state index contributed by atoms with van der Waals surface area (Å²) in [6, 6.07) is 5.53. The number of aryl methyl sites for hydroxylation is 2. The molecule has 1 heterocycles. The molecule has 2 rings (SSSR count). The molecule has 2 atom stereocenters. The first kappa shape index (κ1) is 15.3. The van der Waals surface area contributed by atoms with Crippen LogP contribution in [0.15, 0.2) is 28.9 Å². The summed E-state index contributed by atoms with van der Waals surface area (Å²) >= 11 is 0. The van der Waals surface area contributed by atoms with Crippen LogP contribution in [0.4, 0.5) is 5.69 Å². The number of benzene rings is 1. The van der Waals surface area contributed by atoms with Gasteiger partial charge in [-0.2, -0.15) is 0 Å². The highest BCUT2D eigenvalue weighted by Crippen LogP contribution is 2.25. The number of rotatable bonds is 4. The summed E-state index contributed by atoms with van der Waals surface area (Å²) in [4.78, 5) is 16.4. The Hall–Kier alpha value is -2.14. The van der Waals surface area contributed by atoms with E-state index in [0.717, 1.165) is 22.5 Å². The molecule has 1 amide bonds. The van der Waals surface area contributed by atoms with E-state index in [0.29, 0.717) is 5.89 Å². The van der Waals surface area contributed by atoms with Crippen molar-refractivity contribution in [1.29, 1.82) is 0 Å². The molecule has 0 fully saturated rings. The summed E-state index contributed by atoms with van der Waals surface area (Å²) in [5.41, 5.74) is 9.15. The van der Waals surface area contributed by atoms with E-state index in [9.17, 15) is 4.79 Å². The fourth-order valence-corrected chi connectivity index (χ4v) is 1.86. The number of amides is 1. The molecule has 112 valence electrons. The van der Waals surface area contributed by atoms with Crippen molar-refractivity contribution in [1.82, 2.24) is 4.98 Å². The maximum absolute atomic E-state index is 12.1. The maximum atomic E-state index is 12.1. The standard InChI is InChI=1S/C16H21N3O2/c1-9-5-6-13(16-18-10(2)8-21-16)7-14(9)19-15(20)11(3)12(4)17/h5-8,11-12H,17H2,1-4H3,(H,19,20). The quantitative estimate of drug-likeness (QED) is 0.906. The normalized spacial score (nSPS) is 13.8. The summed E-state index contributed by atoms with van der Waals surface area (Å²) in [5, 5.41) is 2.92. The van der Waals surface area contributed by atoms with Gasteiger partial charge in [0.05, 0.1) is 11.6 Å². The minimum Gasteiger partial charge on any atom is -0.444 e. The highest BCUT2D eigenvalue weighted by Gasteiger charge is 2.18. The molecule has 2 aromatic rings. The van der Waals surface area contributed by atoms with Gasteiger partial charge in [0.25, 0.3) is 0 Å². The number of oxazole rings is 1. The third kappa shape index (κ3) is 3.49. The molecule has 0 radical (unpaired) electrons. The summed E-state index contributed by atoms with van der Waals surface area (Å²) in [6.07, 6.45) is 1.60. The number of hydrogen-bond acceptors (Lipinski definition) is 4. The lowest BCUT2D eigenvalue weighted by molar-refractivity contribution is -0.119. The van der Waals surface area contributed by atoms with Gasteiger partial charge in [0, 0.05) is 17.3 Å². The van der Waals surface area contributed by atoms with Crippen molar-refractivity contribution in [2.24, 2.45) is 11.7 Å². The van der Waals surface area contributed by atoms with E-state index < -0.39 is 0 Å². The van der Waals surface area contributed by atoms with Gasteiger partial charge in [-0.05, 0) is 38.5 Å². The van der Waals surface area contributed by atoms with E-state index in [4.69, 9.17) is 10.2 Å². The van der Waals surface area contributed by atoms with Crippen LogP contribution in [0.1, 0.15) is 25.1 Å². The largest absolute Gasteiger partial charge is 0.444 e. The minimum atomic E-state index is -0.253. The number of nitrogens with two attached hydrogens (primary N) is 1. The highest BCUT2D eigenvalue weighted by molar-refractivity contribution is 5.94. The van der Waals surface area contributed by atoms with E-state index in [-0.39, 0.29) is 17.9 Å². The van der Waals surface area contributed by atoms with Crippen molar-refractivity contribution >= 4 is 11.6 Å². The first-order chi connectivity index (χ1) is 9.88. The fraction of sp³-hybridized carbons (Fsp3) is 0.375.